The molecule has 2 aromatic carbocycles. The van der Waals surface area contributed by atoms with Gasteiger partial charge in [-0.1, -0.05) is 13.8 Å². The second-order valence-corrected chi connectivity index (χ2v) is 10.4. The number of amides is 2. The molecule has 2 heterocycles. The third-order valence-corrected chi connectivity index (χ3v) is 6.75. The lowest BCUT2D eigenvalue weighted by molar-refractivity contribution is -0.147. The number of carbonyl (C=O) groups excluding carboxylic acids is 1. The molecule has 2 aliphatic rings. The summed E-state index contributed by atoms with van der Waals surface area (Å²) < 4.78 is 19.2. The summed E-state index contributed by atoms with van der Waals surface area (Å²) in [4.78, 5) is 27.9. The molecule has 2 fully saturated rings. The monoisotopic (exact) mass is 499 g/mol. The molecule has 0 unspecified atom stereocenters. The maximum Gasteiger partial charge on any atom is 0.321 e. The maximum atomic E-state index is 13.3. The van der Waals surface area contributed by atoms with Gasteiger partial charge in [0.05, 0.1) is 11.5 Å². The number of likely N-dealkylation sites (tertiary alicyclic amines) is 2. The average molecular weight is 500 g/mol. The van der Waals surface area contributed by atoms with E-state index in [0.717, 1.165) is 5.56 Å². The molecule has 0 aromatic heterocycles. The zero-order valence-electron chi connectivity index (χ0n) is 20.7. The number of benzene rings is 2. The van der Waals surface area contributed by atoms with E-state index in [1.807, 2.05) is 17.0 Å². The zero-order valence-corrected chi connectivity index (χ0v) is 20.7. The van der Waals surface area contributed by atoms with Crippen LogP contribution in [0.4, 0.5) is 14.9 Å². The minimum atomic E-state index is -0.797. The molecule has 194 valence electrons. The van der Waals surface area contributed by atoms with Crippen LogP contribution in [0.2, 0.25) is 0 Å². The number of piperidine rings is 1. The summed E-state index contributed by atoms with van der Waals surface area (Å²) in [6, 6.07) is 10.8. The number of nitrogens with one attached hydrogen (secondary N) is 1. The maximum absolute atomic E-state index is 13.3. The van der Waals surface area contributed by atoms with Gasteiger partial charge in [0.25, 0.3) is 0 Å². The van der Waals surface area contributed by atoms with Crippen LogP contribution in [-0.4, -0.2) is 63.8 Å². The summed E-state index contributed by atoms with van der Waals surface area (Å²) >= 11 is 0. The van der Waals surface area contributed by atoms with Gasteiger partial charge in [0.15, 0.2) is 0 Å². The Morgan fingerprint density at radius 1 is 1.11 bits per heavy atom. The average Bonchev–Trinajstić information content (AvgIpc) is 2.77. The zero-order chi connectivity index (χ0) is 25.9. The standard InChI is InChI=1S/C27H34FN3O5/c1-18(2)14-27(35)7-9-31(10-8-27)26(34)29-22-11-19(15-30-16-20(17-30)25(32)33)12-24(13-22)36-23-5-3-21(28)4-6-23/h3-6,11-13,18,20,35H,7-10,14-17H2,1-2H3,(H,29,34)(H,32,33). The molecule has 0 aliphatic carbocycles. The molecule has 0 spiro atoms. The van der Waals surface area contributed by atoms with Crippen LogP contribution in [0.5, 0.6) is 11.5 Å². The predicted octanol–water partition coefficient (Wildman–Crippen LogP) is 4.54. The van der Waals surface area contributed by atoms with E-state index in [2.05, 4.69) is 19.2 Å². The topological polar surface area (TPSA) is 102 Å². The van der Waals surface area contributed by atoms with Crippen LogP contribution in [0.15, 0.2) is 42.5 Å². The number of ether oxygens (including phenoxy) is 1. The number of carboxylic acids is 1. The molecule has 2 aliphatic heterocycles. The SMILES string of the molecule is CC(C)CC1(O)CCN(C(=O)Nc2cc(CN3CC(C(=O)O)C3)cc(Oc3ccc(F)cc3)c2)CC1. The summed E-state index contributed by atoms with van der Waals surface area (Å²) in [5.74, 6) is -0.201. The number of halogens is 1. The van der Waals surface area contributed by atoms with Crippen LogP contribution in [0.3, 0.4) is 0 Å². The van der Waals surface area contributed by atoms with Crippen molar-refractivity contribution in [1.29, 1.82) is 0 Å². The molecule has 2 aromatic rings. The fourth-order valence-corrected chi connectivity index (χ4v) is 4.93. The van der Waals surface area contributed by atoms with E-state index >= 15 is 0 Å². The third-order valence-electron chi connectivity index (χ3n) is 6.75. The molecule has 36 heavy (non-hydrogen) atoms. The van der Waals surface area contributed by atoms with Gasteiger partial charge in [0, 0.05) is 44.5 Å². The molecule has 0 saturated carbocycles. The Kier molecular flexibility index (Phi) is 7.80. The van der Waals surface area contributed by atoms with Crippen LogP contribution < -0.4 is 10.1 Å². The van der Waals surface area contributed by atoms with Gasteiger partial charge in [-0.3, -0.25) is 9.69 Å². The Balaban J connectivity index is 1.45. The molecule has 0 atom stereocenters. The number of hydrogen-bond donors (Lipinski definition) is 3. The molecular weight excluding hydrogens is 465 g/mol. The highest BCUT2D eigenvalue weighted by Gasteiger charge is 2.35. The van der Waals surface area contributed by atoms with Crippen molar-refractivity contribution in [1.82, 2.24) is 9.80 Å². The number of rotatable bonds is 8. The third kappa shape index (κ3) is 6.73. The Labute approximate surface area is 210 Å². The summed E-state index contributed by atoms with van der Waals surface area (Å²) in [5, 5.41) is 22.9. The highest BCUT2D eigenvalue weighted by atomic mass is 19.1. The lowest BCUT2D eigenvalue weighted by Gasteiger charge is -2.39. The summed E-state index contributed by atoms with van der Waals surface area (Å²) in [7, 11) is 0. The number of aliphatic carboxylic acids is 1. The molecule has 3 N–H and O–H groups in total. The van der Waals surface area contributed by atoms with E-state index in [4.69, 9.17) is 9.84 Å². The number of carbonyl (C=O) groups is 2. The van der Waals surface area contributed by atoms with Crippen LogP contribution in [0, 0.1) is 17.7 Å². The van der Waals surface area contributed by atoms with Gasteiger partial charge in [-0.2, -0.15) is 0 Å². The fraction of sp³-hybridized carbons (Fsp3) is 0.481. The van der Waals surface area contributed by atoms with Crippen molar-refractivity contribution in [2.45, 2.75) is 45.3 Å². The highest BCUT2D eigenvalue weighted by Crippen LogP contribution is 2.31. The van der Waals surface area contributed by atoms with Crippen molar-refractivity contribution < 1.29 is 28.9 Å². The summed E-state index contributed by atoms with van der Waals surface area (Å²) in [5.41, 5.74) is 0.679. The number of aliphatic hydroxyl groups is 1. The van der Waals surface area contributed by atoms with Crippen molar-refractivity contribution in [2.75, 3.05) is 31.5 Å². The predicted molar refractivity (Wildman–Crippen MR) is 134 cm³/mol. The molecule has 2 amide bonds. The molecule has 4 rings (SSSR count). The lowest BCUT2D eigenvalue weighted by atomic mass is 9.84. The number of anilines is 1. The first-order chi connectivity index (χ1) is 17.1. The molecule has 0 radical (unpaired) electrons. The van der Waals surface area contributed by atoms with E-state index in [0.29, 0.717) is 75.1 Å². The Morgan fingerprint density at radius 2 is 1.78 bits per heavy atom. The lowest BCUT2D eigenvalue weighted by Crippen LogP contribution is -2.49. The molecular formula is C27H34FN3O5. The number of nitrogens with zero attached hydrogens (tertiary/aromatic N) is 2. The number of urea groups is 1. The van der Waals surface area contributed by atoms with Crippen molar-refractivity contribution in [3.8, 4) is 11.5 Å². The van der Waals surface area contributed by atoms with E-state index < -0.39 is 11.6 Å². The van der Waals surface area contributed by atoms with Crippen molar-refractivity contribution >= 4 is 17.7 Å². The number of hydrogen-bond acceptors (Lipinski definition) is 5. The summed E-state index contributed by atoms with van der Waals surface area (Å²) in [6.45, 7) is 6.55. The van der Waals surface area contributed by atoms with E-state index in [1.165, 1.54) is 24.3 Å². The Bertz CT molecular complexity index is 1080. The quantitative estimate of drug-likeness (QED) is 0.493. The van der Waals surface area contributed by atoms with Crippen LogP contribution in [0.25, 0.3) is 0 Å². The number of carboxylic acid groups (broad SMARTS) is 1. The first-order valence-corrected chi connectivity index (χ1v) is 12.4. The molecule has 8 nitrogen and oxygen atoms in total. The van der Waals surface area contributed by atoms with Gasteiger partial charge in [0.1, 0.15) is 17.3 Å². The highest BCUT2D eigenvalue weighted by molar-refractivity contribution is 5.89. The minimum absolute atomic E-state index is 0.249. The van der Waals surface area contributed by atoms with Crippen molar-refractivity contribution in [2.24, 2.45) is 11.8 Å². The molecule has 0 bridgehead atoms. The molecule has 2 saturated heterocycles. The fourth-order valence-electron chi connectivity index (χ4n) is 4.93. The van der Waals surface area contributed by atoms with Gasteiger partial charge >= 0.3 is 12.0 Å². The van der Waals surface area contributed by atoms with Crippen molar-refractivity contribution in [3.63, 3.8) is 0 Å². The second-order valence-electron chi connectivity index (χ2n) is 10.4. The van der Waals surface area contributed by atoms with Gasteiger partial charge in [0.2, 0.25) is 0 Å². The van der Waals surface area contributed by atoms with Crippen LogP contribution in [0.1, 0.15) is 38.7 Å². The minimum Gasteiger partial charge on any atom is -0.481 e. The van der Waals surface area contributed by atoms with E-state index in [9.17, 15) is 19.1 Å². The summed E-state index contributed by atoms with van der Waals surface area (Å²) in [6.07, 6.45) is 1.79. The van der Waals surface area contributed by atoms with Crippen LogP contribution in [-0.2, 0) is 11.3 Å². The smallest absolute Gasteiger partial charge is 0.321 e. The Hall–Kier alpha value is -3.17. The van der Waals surface area contributed by atoms with E-state index in [-0.39, 0.29) is 17.8 Å². The van der Waals surface area contributed by atoms with Gasteiger partial charge in [-0.15, -0.1) is 0 Å². The van der Waals surface area contributed by atoms with E-state index in [1.54, 1.807) is 11.0 Å². The Morgan fingerprint density at radius 3 is 2.39 bits per heavy atom. The second kappa shape index (κ2) is 10.8. The normalized spacial score (nSPS) is 18.1. The first kappa shape index (κ1) is 25.9. The largest absolute Gasteiger partial charge is 0.481 e. The van der Waals surface area contributed by atoms with Gasteiger partial charge in [-0.05, 0) is 67.1 Å². The van der Waals surface area contributed by atoms with Gasteiger partial charge < -0.3 is 25.2 Å². The van der Waals surface area contributed by atoms with Crippen molar-refractivity contribution in [3.05, 3.63) is 53.8 Å². The first-order valence-electron chi connectivity index (χ1n) is 12.4. The van der Waals surface area contributed by atoms with Gasteiger partial charge in [-0.25, -0.2) is 9.18 Å². The molecule has 9 heteroatoms. The van der Waals surface area contributed by atoms with Crippen LogP contribution >= 0.6 is 0 Å².